The Morgan fingerprint density at radius 3 is 2.47 bits per heavy atom. The summed E-state index contributed by atoms with van der Waals surface area (Å²) in [6.07, 6.45) is 0.842. The number of urea groups is 1. The SMILES string of the molecule is CC(C)C(=O)NCCNC(=O)NCCc1cccs1. The van der Waals surface area contributed by atoms with Gasteiger partial charge in [0.25, 0.3) is 0 Å². The zero-order valence-electron chi connectivity index (χ0n) is 11.4. The molecule has 0 bridgehead atoms. The normalized spacial score (nSPS) is 10.3. The molecular weight excluding hydrogens is 262 g/mol. The van der Waals surface area contributed by atoms with E-state index < -0.39 is 0 Å². The summed E-state index contributed by atoms with van der Waals surface area (Å²) < 4.78 is 0. The fourth-order valence-corrected chi connectivity index (χ4v) is 2.09. The topological polar surface area (TPSA) is 70.2 Å². The minimum Gasteiger partial charge on any atom is -0.354 e. The lowest BCUT2D eigenvalue weighted by molar-refractivity contribution is -0.123. The van der Waals surface area contributed by atoms with E-state index in [2.05, 4.69) is 16.0 Å². The monoisotopic (exact) mass is 283 g/mol. The predicted molar refractivity (Wildman–Crippen MR) is 77.3 cm³/mol. The second-order valence-electron chi connectivity index (χ2n) is 4.46. The summed E-state index contributed by atoms with van der Waals surface area (Å²) in [5.41, 5.74) is 0. The molecule has 0 atom stereocenters. The Morgan fingerprint density at radius 1 is 1.16 bits per heavy atom. The van der Waals surface area contributed by atoms with Gasteiger partial charge in [0.05, 0.1) is 0 Å². The van der Waals surface area contributed by atoms with Crippen molar-refractivity contribution in [1.29, 1.82) is 0 Å². The van der Waals surface area contributed by atoms with Gasteiger partial charge < -0.3 is 16.0 Å². The third-order valence-corrected chi connectivity index (χ3v) is 3.41. The van der Waals surface area contributed by atoms with Crippen LogP contribution in [0.15, 0.2) is 17.5 Å². The van der Waals surface area contributed by atoms with E-state index in [9.17, 15) is 9.59 Å². The standard InChI is InChI=1S/C13H21N3O2S/c1-10(2)12(17)14-7-8-16-13(18)15-6-5-11-4-3-9-19-11/h3-4,9-10H,5-8H2,1-2H3,(H,14,17)(H2,15,16,18). The number of thiophene rings is 1. The Kier molecular flexibility index (Phi) is 6.95. The molecule has 3 N–H and O–H groups in total. The fraction of sp³-hybridized carbons (Fsp3) is 0.538. The quantitative estimate of drug-likeness (QED) is 0.661. The van der Waals surface area contributed by atoms with E-state index >= 15 is 0 Å². The molecule has 1 aromatic heterocycles. The van der Waals surface area contributed by atoms with Gasteiger partial charge in [0.1, 0.15) is 0 Å². The Bertz CT molecular complexity index is 391. The number of hydrogen-bond donors (Lipinski definition) is 3. The summed E-state index contributed by atoms with van der Waals surface area (Å²) in [5.74, 6) is -0.0282. The molecule has 0 aliphatic rings. The van der Waals surface area contributed by atoms with E-state index in [1.54, 1.807) is 11.3 Å². The summed E-state index contributed by atoms with van der Waals surface area (Å²) in [4.78, 5) is 23.9. The highest BCUT2D eigenvalue weighted by molar-refractivity contribution is 7.09. The summed E-state index contributed by atoms with van der Waals surface area (Å²) in [6.45, 7) is 5.17. The van der Waals surface area contributed by atoms with Crippen LogP contribution in [0.2, 0.25) is 0 Å². The van der Waals surface area contributed by atoms with Crippen LogP contribution in [0.4, 0.5) is 4.79 Å². The minimum atomic E-state index is -0.199. The molecule has 6 heteroatoms. The first kappa shape index (κ1) is 15.5. The van der Waals surface area contributed by atoms with Crippen LogP contribution < -0.4 is 16.0 Å². The molecule has 19 heavy (non-hydrogen) atoms. The van der Waals surface area contributed by atoms with Crippen LogP contribution in [0.5, 0.6) is 0 Å². The molecule has 0 unspecified atom stereocenters. The van der Waals surface area contributed by atoms with Crippen LogP contribution in [0.1, 0.15) is 18.7 Å². The van der Waals surface area contributed by atoms with Gasteiger partial charge in [-0.1, -0.05) is 19.9 Å². The van der Waals surface area contributed by atoms with Crippen LogP contribution >= 0.6 is 11.3 Å². The molecule has 1 rings (SSSR count). The molecular formula is C13H21N3O2S. The number of carbonyl (C=O) groups excluding carboxylic acids is 2. The van der Waals surface area contributed by atoms with Gasteiger partial charge in [0, 0.05) is 30.4 Å². The first-order valence-electron chi connectivity index (χ1n) is 6.41. The Morgan fingerprint density at radius 2 is 1.84 bits per heavy atom. The number of rotatable bonds is 7. The van der Waals surface area contributed by atoms with Crippen molar-refractivity contribution >= 4 is 23.3 Å². The molecule has 1 heterocycles. The molecule has 0 saturated heterocycles. The summed E-state index contributed by atoms with van der Waals surface area (Å²) in [6, 6.07) is 3.85. The van der Waals surface area contributed by atoms with E-state index in [-0.39, 0.29) is 17.9 Å². The largest absolute Gasteiger partial charge is 0.354 e. The third kappa shape index (κ3) is 6.81. The molecule has 0 spiro atoms. The fourth-order valence-electron chi connectivity index (χ4n) is 1.38. The molecule has 0 aliphatic carbocycles. The Labute approximate surface area is 117 Å². The summed E-state index contributed by atoms with van der Waals surface area (Å²) in [5, 5.41) is 10.2. The number of nitrogens with one attached hydrogen (secondary N) is 3. The van der Waals surface area contributed by atoms with E-state index in [1.807, 2.05) is 31.4 Å². The molecule has 0 saturated carbocycles. The zero-order valence-corrected chi connectivity index (χ0v) is 12.2. The summed E-state index contributed by atoms with van der Waals surface area (Å²) in [7, 11) is 0. The first-order chi connectivity index (χ1) is 9.09. The highest BCUT2D eigenvalue weighted by atomic mass is 32.1. The zero-order chi connectivity index (χ0) is 14.1. The van der Waals surface area contributed by atoms with Gasteiger partial charge in [-0.3, -0.25) is 4.79 Å². The van der Waals surface area contributed by atoms with Gasteiger partial charge in [0.2, 0.25) is 5.91 Å². The van der Waals surface area contributed by atoms with Gasteiger partial charge in [0.15, 0.2) is 0 Å². The maximum atomic E-state index is 11.4. The Hall–Kier alpha value is -1.56. The van der Waals surface area contributed by atoms with Crippen LogP contribution in [-0.2, 0) is 11.2 Å². The lowest BCUT2D eigenvalue weighted by atomic mass is 10.2. The molecule has 0 fully saturated rings. The lowest BCUT2D eigenvalue weighted by Crippen LogP contribution is -2.41. The third-order valence-electron chi connectivity index (χ3n) is 2.47. The van der Waals surface area contributed by atoms with Crippen LogP contribution in [0.3, 0.4) is 0 Å². The van der Waals surface area contributed by atoms with E-state index in [1.165, 1.54) is 4.88 Å². The second-order valence-corrected chi connectivity index (χ2v) is 5.49. The number of hydrogen-bond acceptors (Lipinski definition) is 3. The van der Waals surface area contributed by atoms with Crippen molar-refractivity contribution < 1.29 is 9.59 Å². The van der Waals surface area contributed by atoms with Crippen molar-refractivity contribution in [2.45, 2.75) is 20.3 Å². The predicted octanol–water partition coefficient (Wildman–Crippen LogP) is 1.36. The maximum Gasteiger partial charge on any atom is 0.314 e. The first-order valence-corrected chi connectivity index (χ1v) is 7.29. The van der Waals surface area contributed by atoms with Crippen molar-refractivity contribution in [3.8, 4) is 0 Å². The molecule has 0 aromatic carbocycles. The van der Waals surface area contributed by atoms with Crippen molar-refractivity contribution in [3.05, 3.63) is 22.4 Å². The molecule has 0 aliphatic heterocycles. The van der Waals surface area contributed by atoms with Gasteiger partial charge in [-0.25, -0.2) is 4.79 Å². The van der Waals surface area contributed by atoms with Crippen molar-refractivity contribution in [2.75, 3.05) is 19.6 Å². The number of amides is 3. The van der Waals surface area contributed by atoms with Crippen LogP contribution in [0.25, 0.3) is 0 Å². The van der Waals surface area contributed by atoms with Gasteiger partial charge in [-0.05, 0) is 17.9 Å². The van der Waals surface area contributed by atoms with Gasteiger partial charge in [-0.2, -0.15) is 0 Å². The van der Waals surface area contributed by atoms with Crippen molar-refractivity contribution in [2.24, 2.45) is 5.92 Å². The highest BCUT2D eigenvalue weighted by Gasteiger charge is 2.05. The smallest absolute Gasteiger partial charge is 0.314 e. The minimum absolute atomic E-state index is 0.0000893. The average molecular weight is 283 g/mol. The van der Waals surface area contributed by atoms with Gasteiger partial charge >= 0.3 is 6.03 Å². The second kappa shape index (κ2) is 8.53. The van der Waals surface area contributed by atoms with Crippen LogP contribution in [0, 0.1) is 5.92 Å². The van der Waals surface area contributed by atoms with E-state index in [4.69, 9.17) is 0 Å². The molecule has 3 amide bonds. The molecule has 1 aromatic rings. The van der Waals surface area contributed by atoms with E-state index in [0.29, 0.717) is 19.6 Å². The molecule has 0 radical (unpaired) electrons. The Balaban J connectivity index is 2.00. The van der Waals surface area contributed by atoms with Crippen LogP contribution in [-0.4, -0.2) is 31.6 Å². The van der Waals surface area contributed by atoms with Gasteiger partial charge in [-0.15, -0.1) is 11.3 Å². The summed E-state index contributed by atoms with van der Waals surface area (Å²) >= 11 is 1.68. The van der Waals surface area contributed by atoms with Crippen molar-refractivity contribution in [1.82, 2.24) is 16.0 Å². The maximum absolute atomic E-state index is 11.4. The average Bonchev–Trinajstić information content (AvgIpc) is 2.87. The number of carbonyl (C=O) groups is 2. The van der Waals surface area contributed by atoms with Crippen molar-refractivity contribution in [3.63, 3.8) is 0 Å². The highest BCUT2D eigenvalue weighted by Crippen LogP contribution is 2.07. The molecule has 5 nitrogen and oxygen atoms in total. The lowest BCUT2D eigenvalue weighted by Gasteiger charge is -2.09. The van der Waals surface area contributed by atoms with E-state index in [0.717, 1.165) is 6.42 Å². The molecule has 106 valence electrons.